The summed E-state index contributed by atoms with van der Waals surface area (Å²) in [5, 5.41) is 2.95. The van der Waals surface area contributed by atoms with Crippen molar-refractivity contribution in [1.29, 1.82) is 0 Å². The molecule has 0 aliphatic heterocycles. The van der Waals surface area contributed by atoms with Crippen molar-refractivity contribution >= 4 is 6.09 Å². The summed E-state index contributed by atoms with van der Waals surface area (Å²) in [6.07, 6.45) is 6.19. The molecule has 1 aromatic rings. The predicted molar refractivity (Wildman–Crippen MR) is 84.2 cm³/mol. The molecule has 1 heterocycles. The van der Waals surface area contributed by atoms with Gasteiger partial charge in [0, 0.05) is 6.04 Å². The van der Waals surface area contributed by atoms with E-state index in [1.807, 2.05) is 40.2 Å². The number of hydrogen-bond acceptors (Lipinski definition) is 3. The summed E-state index contributed by atoms with van der Waals surface area (Å²) in [5.41, 5.74) is 0.551. The van der Waals surface area contributed by atoms with Crippen LogP contribution in [-0.2, 0) is 4.74 Å². The van der Waals surface area contributed by atoms with Crippen molar-refractivity contribution in [3.8, 4) is 0 Å². The summed E-state index contributed by atoms with van der Waals surface area (Å²) in [4.78, 5) is 16.2. The third kappa shape index (κ3) is 5.06. The largest absolute Gasteiger partial charge is 0.444 e. The minimum atomic E-state index is -0.488. The molecular weight excluding hydrogens is 266 g/mol. The van der Waals surface area contributed by atoms with Crippen molar-refractivity contribution in [2.75, 3.05) is 0 Å². The van der Waals surface area contributed by atoms with E-state index < -0.39 is 5.60 Å². The number of amides is 1. The third-order valence-electron chi connectivity index (χ3n) is 3.49. The first-order chi connectivity index (χ1) is 9.82. The van der Waals surface area contributed by atoms with E-state index >= 15 is 0 Å². The Morgan fingerprint density at radius 1 is 1.29 bits per heavy atom. The maximum absolute atomic E-state index is 12.0. The number of alkyl carbamates (subject to hydrolysis) is 1. The van der Waals surface area contributed by atoms with Crippen LogP contribution in [0.3, 0.4) is 0 Å². The first-order valence-corrected chi connectivity index (χ1v) is 7.83. The van der Waals surface area contributed by atoms with Crippen LogP contribution in [0.4, 0.5) is 4.79 Å². The average Bonchev–Trinajstić information content (AvgIpc) is 2.84. The zero-order valence-corrected chi connectivity index (χ0v) is 14.1. The van der Waals surface area contributed by atoms with Gasteiger partial charge in [-0.15, -0.1) is 0 Å². The van der Waals surface area contributed by atoms with Crippen molar-refractivity contribution in [1.82, 2.24) is 14.9 Å². The molecule has 120 valence electrons. The van der Waals surface area contributed by atoms with E-state index in [9.17, 15) is 4.79 Å². The van der Waals surface area contributed by atoms with Gasteiger partial charge in [-0.2, -0.15) is 0 Å². The molecule has 0 radical (unpaired) electrons. The molecule has 1 amide bonds. The lowest BCUT2D eigenvalue weighted by atomic mass is 10.1. The molecule has 5 heteroatoms. The molecule has 0 fully saturated rings. The Balaban J connectivity index is 2.86. The molecule has 0 aliphatic carbocycles. The molecule has 0 aliphatic rings. The molecule has 0 spiro atoms. The lowest BCUT2D eigenvalue weighted by molar-refractivity contribution is 0.0499. The van der Waals surface area contributed by atoms with E-state index in [0.717, 1.165) is 25.0 Å². The number of nitrogens with zero attached hydrogens (tertiary/aromatic N) is 2. The second-order valence-corrected chi connectivity index (χ2v) is 6.30. The Morgan fingerprint density at radius 2 is 1.90 bits per heavy atom. The molecule has 1 rings (SSSR count). The van der Waals surface area contributed by atoms with Crippen molar-refractivity contribution in [3.63, 3.8) is 0 Å². The lowest BCUT2D eigenvalue weighted by Gasteiger charge is -2.25. The van der Waals surface area contributed by atoms with Gasteiger partial charge < -0.3 is 14.6 Å². The molecule has 0 aromatic carbocycles. The summed E-state index contributed by atoms with van der Waals surface area (Å²) >= 11 is 0. The molecule has 0 saturated heterocycles. The molecule has 5 nitrogen and oxygen atoms in total. The maximum Gasteiger partial charge on any atom is 0.408 e. The lowest BCUT2D eigenvalue weighted by Crippen LogP contribution is -2.35. The number of rotatable bonds is 6. The topological polar surface area (TPSA) is 56.2 Å². The SMILES string of the molecule is CCC(CC)n1cncc1[C@@H](CC)NC(=O)OC(C)(C)C. The number of imidazole rings is 1. The number of ether oxygens (including phenoxy) is 1. The van der Waals surface area contributed by atoms with Crippen molar-refractivity contribution in [2.24, 2.45) is 0 Å². The van der Waals surface area contributed by atoms with Crippen LogP contribution in [0, 0.1) is 0 Å². The van der Waals surface area contributed by atoms with Crippen molar-refractivity contribution < 1.29 is 9.53 Å². The highest BCUT2D eigenvalue weighted by molar-refractivity contribution is 5.68. The van der Waals surface area contributed by atoms with E-state index in [0.29, 0.717) is 6.04 Å². The van der Waals surface area contributed by atoms with Gasteiger partial charge in [0.2, 0.25) is 0 Å². The van der Waals surface area contributed by atoms with Gasteiger partial charge in [0.1, 0.15) is 5.60 Å². The van der Waals surface area contributed by atoms with Crippen LogP contribution in [0.1, 0.15) is 78.6 Å². The Hall–Kier alpha value is -1.52. The minimum absolute atomic E-state index is 0.0806. The summed E-state index contributed by atoms with van der Waals surface area (Å²) < 4.78 is 7.51. The second-order valence-electron chi connectivity index (χ2n) is 6.30. The van der Waals surface area contributed by atoms with E-state index in [1.54, 1.807) is 0 Å². The van der Waals surface area contributed by atoms with E-state index in [2.05, 4.69) is 28.7 Å². The molecule has 1 atom stereocenters. The molecule has 1 N–H and O–H groups in total. The third-order valence-corrected chi connectivity index (χ3v) is 3.49. The van der Waals surface area contributed by atoms with Crippen LogP contribution >= 0.6 is 0 Å². The van der Waals surface area contributed by atoms with Crippen molar-refractivity contribution in [3.05, 3.63) is 18.2 Å². The van der Waals surface area contributed by atoms with Gasteiger partial charge in [-0.05, 0) is 40.0 Å². The Bertz CT molecular complexity index is 445. The molecule has 0 bridgehead atoms. The Labute approximate surface area is 128 Å². The smallest absolute Gasteiger partial charge is 0.408 e. The zero-order chi connectivity index (χ0) is 16.0. The average molecular weight is 295 g/mol. The van der Waals surface area contributed by atoms with Crippen LogP contribution < -0.4 is 5.32 Å². The number of nitrogens with one attached hydrogen (secondary N) is 1. The van der Waals surface area contributed by atoms with Gasteiger partial charge in [-0.25, -0.2) is 9.78 Å². The molecular formula is C16H29N3O2. The van der Waals surface area contributed by atoms with Gasteiger partial charge in [0.25, 0.3) is 0 Å². The quantitative estimate of drug-likeness (QED) is 0.855. The Kier molecular flexibility index (Phi) is 6.24. The number of carbonyl (C=O) groups is 1. The highest BCUT2D eigenvalue weighted by Crippen LogP contribution is 2.24. The van der Waals surface area contributed by atoms with Gasteiger partial charge >= 0.3 is 6.09 Å². The first-order valence-electron chi connectivity index (χ1n) is 7.83. The predicted octanol–water partition coefficient (Wildman–Crippen LogP) is 4.22. The molecule has 0 saturated carbocycles. The van der Waals surface area contributed by atoms with E-state index in [1.165, 1.54) is 0 Å². The van der Waals surface area contributed by atoms with Gasteiger partial charge in [0.15, 0.2) is 0 Å². The van der Waals surface area contributed by atoms with Gasteiger partial charge in [0.05, 0.1) is 24.3 Å². The summed E-state index contributed by atoms with van der Waals surface area (Å²) in [6, 6.07) is 0.333. The number of aromatic nitrogens is 2. The fraction of sp³-hybridized carbons (Fsp3) is 0.750. The van der Waals surface area contributed by atoms with E-state index in [-0.39, 0.29) is 12.1 Å². The number of carbonyl (C=O) groups excluding carboxylic acids is 1. The molecule has 21 heavy (non-hydrogen) atoms. The van der Waals surface area contributed by atoms with Crippen LogP contribution in [0.25, 0.3) is 0 Å². The Morgan fingerprint density at radius 3 is 2.38 bits per heavy atom. The van der Waals surface area contributed by atoms with E-state index in [4.69, 9.17) is 4.74 Å². The van der Waals surface area contributed by atoms with Crippen LogP contribution in [0.5, 0.6) is 0 Å². The fourth-order valence-electron chi connectivity index (χ4n) is 2.41. The molecule has 0 unspecified atom stereocenters. The van der Waals surface area contributed by atoms with Crippen LogP contribution in [0.2, 0.25) is 0 Å². The summed E-state index contributed by atoms with van der Waals surface area (Å²) in [6.45, 7) is 12.0. The monoisotopic (exact) mass is 295 g/mol. The van der Waals surface area contributed by atoms with Gasteiger partial charge in [-0.3, -0.25) is 0 Å². The standard InChI is InChI=1S/C16H29N3O2/c1-7-12(8-2)19-11-17-10-14(19)13(9-3)18-15(20)21-16(4,5)6/h10-13H,7-9H2,1-6H3,(H,18,20)/t13-/m1/s1. The normalized spacial score (nSPS) is 13.3. The number of hydrogen-bond donors (Lipinski definition) is 1. The highest BCUT2D eigenvalue weighted by atomic mass is 16.6. The molecule has 1 aromatic heterocycles. The maximum atomic E-state index is 12.0. The minimum Gasteiger partial charge on any atom is -0.444 e. The van der Waals surface area contributed by atoms with Crippen LogP contribution in [0.15, 0.2) is 12.5 Å². The zero-order valence-electron chi connectivity index (χ0n) is 14.1. The summed E-state index contributed by atoms with van der Waals surface area (Å²) in [7, 11) is 0. The first kappa shape index (κ1) is 17.5. The van der Waals surface area contributed by atoms with Gasteiger partial charge in [-0.1, -0.05) is 20.8 Å². The fourth-order valence-corrected chi connectivity index (χ4v) is 2.41. The van der Waals surface area contributed by atoms with Crippen LogP contribution in [-0.4, -0.2) is 21.2 Å². The summed E-state index contributed by atoms with van der Waals surface area (Å²) in [5.74, 6) is 0. The highest BCUT2D eigenvalue weighted by Gasteiger charge is 2.23. The second kappa shape index (κ2) is 7.48. The van der Waals surface area contributed by atoms with Crippen molar-refractivity contribution in [2.45, 2.75) is 78.5 Å².